The quantitative estimate of drug-likeness (QED) is 0.0110. The van der Waals surface area contributed by atoms with Crippen molar-refractivity contribution in [1.29, 1.82) is 0 Å². The van der Waals surface area contributed by atoms with Crippen LogP contribution in [0.5, 0.6) is 23.0 Å². The summed E-state index contributed by atoms with van der Waals surface area (Å²) in [6.07, 6.45) is 2.10. The van der Waals surface area contributed by atoms with Gasteiger partial charge in [-0.3, -0.25) is 9.59 Å². The van der Waals surface area contributed by atoms with Gasteiger partial charge < -0.3 is 14.0 Å². The van der Waals surface area contributed by atoms with Crippen molar-refractivity contribution in [3.05, 3.63) is 154 Å². The van der Waals surface area contributed by atoms with E-state index in [0.29, 0.717) is 51.7 Å². The Morgan fingerprint density at radius 1 is 0.712 bits per heavy atom. The maximum atomic E-state index is 15.4. The van der Waals surface area contributed by atoms with E-state index < -0.39 is 26.8 Å². The molecular weight excluding hydrogens is 871 g/mol. The average Bonchev–Trinajstić information content (AvgIpc) is 3.28. The van der Waals surface area contributed by atoms with E-state index in [1.54, 1.807) is 36.4 Å². The molecule has 0 saturated carbocycles. The van der Waals surface area contributed by atoms with Crippen molar-refractivity contribution in [1.82, 2.24) is 0 Å². The van der Waals surface area contributed by atoms with Gasteiger partial charge in [0.2, 0.25) is 0 Å². The van der Waals surface area contributed by atoms with Crippen LogP contribution in [0.15, 0.2) is 119 Å². The van der Waals surface area contributed by atoms with E-state index in [2.05, 4.69) is 27.9 Å². The number of benzene rings is 8. The molecule has 1 aliphatic rings. The minimum absolute atomic E-state index is 0. The molecule has 0 saturated heterocycles. The van der Waals surface area contributed by atoms with E-state index in [1.165, 1.54) is 29.2 Å². The Morgan fingerprint density at radius 3 is 1.85 bits per heavy atom. The summed E-state index contributed by atoms with van der Waals surface area (Å²) in [4.78, 5) is 34.5. The second-order valence-corrected chi connectivity index (χ2v) is 17.7. The Morgan fingerprint density at radius 2 is 1.27 bits per heavy atom. The van der Waals surface area contributed by atoms with Crippen LogP contribution in [-0.4, -0.2) is 31.3 Å². The van der Waals surface area contributed by atoms with Crippen molar-refractivity contribution in [2.75, 3.05) is 11.4 Å². The van der Waals surface area contributed by atoms with E-state index in [1.807, 2.05) is 76.2 Å². The number of amides is 2. The number of anilines is 1. The topological polar surface area (TPSA) is 162 Å². The van der Waals surface area contributed by atoms with Crippen molar-refractivity contribution in [3.8, 4) is 34.8 Å². The first-order chi connectivity index (χ1) is 30.9. The van der Waals surface area contributed by atoms with Crippen molar-refractivity contribution >= 4 is 70.7 Å². The van der Waals surface area contributed by atoms with Crippen LogP contribution < -0.4 is 73.5 Å². The predicted molar refractivity (Wildman–Crippen MR) is 248 cm³/mol. The normalized spacial score (nSPS) is 12.3. The van der Waals surface area contributed by atoms with Crippen LogP contribution in [0.2, 0.25) is 0 Å². The monoisotopic (exact) mass is 910 g/mol. The van der Waals surface area contributed by atoms with Gasteiger partial charge in [0, 0.05) is 50.7 Å². The first-order valence-corrected chi connectivity index (χ1v) is 22.4. The first-order valence-electron chi connectivity index (χ1n) is 21.0. The second-order valence-electron chi connectivity index (χ2n) is 16.4. The number of para-hydroxylation sites is 1. The van der Waals surface area contributed by atoms with E-state index in [0.717, 1.165) is 51.1 Å². The van der Waals surface area contributed by atoms with Crippen LogP contribution in [0, 0.1) is 17.9 Å². The molecule has 0 radical (unpaired) electrons. The molecule has 0 N–H and O–H groups in total. The predicted octanol–water partition coefficient (Wildman–Crippen LogP) is 6.91. The van der Waals surface area contributed by atoms with Crippen LogP contribution in [0.25, 0.3) is 53.5 Å². The van der Waals surface area contributed by atoms with E-state index >= 15 is 9.59 Å². The van der Waals surface area contributed by atoms with Gasteiger partial charge in [0.15, 0.2) is 0 Å². The summed E-state index contributed by atoms with van der Waals surface area (Å²) >= 11 is 0. The molecule has 0 fully saturated rings. The Balaban J connectivity index is 0.00000324. The second kappa shape index (κ2) is 19.8. The van der Waals surface area contributed by atoms with Crippen LogP contribution in [0.1, 0.15) is 96.2 Å². The van der Waals surface area contributed by atoms with Crippen LogP contribution in [-0.2, 0) is 10.1 Å². The number of nitrogens with zero attached hydrogens (tertiary/aromatic N) is 4. The van der Waals surface area contributed by atoms with Gasteiger partial charge in [-0.25, -0.2) is 13.3 Å². The molecule has 1 aliphatic heterocycles. The van der Waals surface area contributed by atoms with Gasteiger partial charge in [0.05, 0.1) is 21.7 Å². The van der Waals surface area contributed by atoms with Crippen molar-refractivity contribution in [2.24, 2.45) is 5.11 Å². The van der Waals surface area contributed by atoms with Crippen LogP contribution >= 0.6 is 0 Å². The number of carbonyl (C=O) groups is 2. The first kappa shape index (κ1) is 48.5. The third kappa shape index (κ3) is 8.80. The van der Waals surface area contributed by atoms with Gasteiger partial charge >= 0.3 is 59.1 Å². The van der Waals surface area contributed by atoms with Crippen molar-refractivity contribution < 1.29 is 91.1 Å². The summed E-state index contributed by atoms with van der Waals surface area (Å²) in [5.41, 5.74) is 12.2. The Labute approximate surface area is 426 Å². The van der Waals surface area contributed by atoms with Crippen molar-refractivity contribution in [3.63, 3.8) is 0 Å². The summed E-state index contributed by atoms with van der Waals surface area (Å²) in [5.74, 6) is 6.92. The summed E-state index contributed by atoms with van der Waals surface area (Å²) in [6, 6.07) is 34.3. The van der Waals surface area contributed by atoms with Gasteiger partial charge in [-0.1, -0.05) is 87.1 Å². The van der Waals surface area contributed by atoms with Gasteiger partial charge in [0.1, 0.15) is 27.4 Å². The van der Waals surface area contributed by atoms with Gasteiger partial charge in [-0.05, 0) is 105 Å². The number of hydrogen-bond acceptors (Lipinski definition) is 8. The molecule has 318 valence electrons. The maximum Gasteiger partial charge on any atom is 1.00 e. The fourth-order valence-electron chi connectivity index (χ4n) is 8.82. The average molecular weight is 911 g/mol. The molecule has 0 aliphatic carbocycles. The summed E-state index contributed by atoms with van der Waals surface area (Å²) in [7, 11) is -4.74. The minimum atomic E-state index is -4.74. The molecule has 1 heterocycles. The molecule has 0 spiro atoms. The molecule has 0 aromatic heterocycles. The van der Waals surface area contributed by atoms with Crippen LogP contribution in [0.4, 0.5) is 5.69 Å². The van der Waals surface area contributed by atoms with Gasteiger partial charge in [0.25, 0.3) is 11.8 Å². The molecule has 0 bridgehead atoms. The Bertz CT molecular complexity index is 3410. The molecule has 2 amide bonds. The SMILES string of the molecule is CC(C)c1cccc(C(C)C)c1N1C(=O)c2cc(Oc3ccc(S(=O)(=O)[O-])cc3)c3c4cccc5c(C#CCCCCN=[N+]=[N-])ccc(c6c(Oc7cc[c-]cc7)cc(c2c36)C1=O)c54.[Na+].[Na+]. The maximum absolute atomic E-state index is 15.4. The molecule has 11 nitrogen and oxygen atoms in total. The molecule has 66 heavy (non-hydrogen) atoms. The summed E-state index contributed by atoms with van der Waals surface area (Å²) in [5, 5.41) is 9.12. The third-order valence-electron chi connectivity index (χ3n) is 11.7. The van der Waals surface area contributed by atoms with Gasteiger partial charge in [-0.15, -0.1) is 12.1 Å². The molecular formula is C52H40N4Na2O7S. The number of hydrogen-bond donors (Lipinski definition) is 0. The number of azide groups is 1. The van der Waals surface area contributed by atoms with Gasteiger partial charge in [-0.2, -0.15) is 18.2 Å². The molecule has 9 rings (SSSR count). The fourth-order valence-corrected chi connectivity index (χ4v) is 9.29. The Hall–Kier alpha value is -5.42. The standard InChI is InChI=1S/C52H41N4O7S.2Na/c1-30(2)36-17-12-18-37(31(3)4)50(36)56-51(57)41-28-43(63-34-22-24-35(25-23-34)64(59,60)61)47-39-20-13-19-38-32(14-8-5-6-11-27-54-55-53)21-26-40(45(38)39)48-44(62-33-15-9-7-10-16-33)29-42(52(56)58)46(41)49(47)48;;/h9-10,12-13,15-26,28-31H,5-6,11,27H2,1-4H3,(H,59,60,61);;/q-1;2*+1/p-1. The number of rotatable bonds is 12. The molecule has 8 aromatic rings. The third-order valence-corrected chi connectivity index (χ3v) is 12.5. The van der Waals surface area contributed by atoms with E-state index in [9.17, 15) is 13.0 Å². The summed E-state index contributed by atoms with van der Waals surface area (Å²) < 4.78 is 49.2. The largest absolute Gasteiger partial charge is 1.00 e. The van der Waals surface area contributed by atoms with Crippen LogP contribution in [0.3, 0.4) is 0 Å². The zero-order valence-electron chi connectivity index (χ0n) is 37.4. The molecule has 0 unspecified atom stereocenters. The number of carbonyl (C=O) groups excluding carboxylic acids is 2. The van der Waals surface area contributed by atoms with Crippen molar-refractivity contribution in [2.45, 2.75) is 63.7 Å². The number of fused-ring (bicyclic) bond motifs is 2. The zero-order chi connectivity index (χ0) is 44.9. The number of ether oxygens (including phenoxy) is 2. The zero-order valence-corrected chi connectivity index (χ0v) is 42.2. The fraction of sp³-hybridized carbons (Fsp3) is 0.192. The number of imide groups is 1. The molecule has 0 atom stereocenters. The smallest absolute Gasteiger partial charge is 0.744 e. The van der Waals surface area contributed by atoms with E-state index in [4.69, 9.17) is 15.0 Å². The molecule has 8 aromatic carbocycles. The Kier molecular flexibility index (Phi) is 14.6. The molecule has 14 heteroatoms. The van der Waals surface area contributed by atoms with E-state index in [-0.39, 0.29) is 93.6 Å². The number of unbranched alkanes of at least 4 members (excludes halogenated alkanes) is 2. The summed E-state index contributed by atoms with van der Waals surface area (Å²) in [6.45, 7) is 8.53. The minimum Gasteiger partial charge on any atom is -0.744 e.